The van der Waals surface area contributed by atoms with Crippen molar-refractivity contribution in [1.29, 1.82) is 0 Å². The van der Waals surface area contributed by atoms with Crippen LogP contribution in [0.1, 0.15) is 43.0 Å². The summed E-state index contributed by atoms with van der Waals surface area (Å²) in [5.74, 6) is 0.683. The fourth-order valence-corrected chi connectivity index (χ4v) is 15.9. The molecular formula is C24H26Cl2Ti. The van der Waals surface area contributed by atoms with Crippen LogP contribution in [-0.2, 0) is 16.6 Å². The topological polar surface area (TPSA) is 0 Å². The molecule has 1 atom stereocenters. The summed E-state index contributed by atoms with van der Waals surface area (Å²) in [6.07, 6.45) is 0. The van der Waals surface area contributed by atoms with Crippen LogP contribution in [0.4, 0.5) is 0 Å². The van der Waals surface area contributed by atoms with Gasteiger partial charge in [-0.15, -0.1) is 0 Å². The third-order valence-electron chi connectivity index (χ3n) is 7.35. The zero-order valence-electron chi connectivity index (χ0n) is 16.4. The minimum absolute atomic E-state index is 0. The molecule has 0 saturated carbocycles. The molecule has 2 aliphatic carbocycles. The molecule has 0 N–H and O–H groups in total. The zero-order valence-corrected chi connectivity index (χ0v) is 19.5. The number of hydrogen-bond donors (Lipinski definition) is 0. The van der Waals surface area contributed by atoms with E-state index in [4.69, 9.17) is 0 Å². The predicted octanol–water partition coefficient (Wildman–Crippen LogP) is 1.03. The first-order valence-corrected chi connectivity index (χ1v) is 13.5. The number of fused-ring (bicyclic) bond motifs is 3. The second-order valence-corrected chi connectivity index (χ2v) is 15.2. The second-order valence-electron chi connectivity index (χ2n) is 8.33. The van der Waals surface area contributed by atoms with E-state index in [1.807, 2.05) is 3.88 Å². The molecule has 0 aromatic heterocycles. The molecule has 1 heterocycles. The Kier molecular flexibility index (Phi) is 5.61. The number of benzene rings is 2. The van der Waals surface area contributed by atoms with E-state index >= 15 is 0 Å². The number of rotatable bonds is 2. The molecular weight excluding hydrogens is 407 g/mol. The van der Waals surface area contributed by atoms with Gasteiger partial charge in [-0.05, 0) is 0 Å². The van der Waals surface area contributed by atoms with Gasteiger partial charge in [0.2, 0.25) is 0 Å². The second kappa shape index (κ2) is 7.23. The van der Waals surface area contributed by atoms with Gasteiger partial charge in [-0.2, -0.15) is 0 Å². The van der Waals surface area contributed by atoms with Crippen molar-refractivity contribution in [2.75, 3.05) is 0 Å². The Morgan fingerprint density at radius 3 is 1.63 bits per heavy atom. The summed E-state index contributed by atoms with van der Waals surface area (Å²) in [5, 5.41) is 0. The fraction of sp³-hybridized carbons (Fsp3) is 0.333. The molecule has 140 valence electrons. The summed E-state index contributed by atoms with van der Waals surface area (Å²) in [4.78, 5) is 0. The van der Waals surface area contributed by atoms with Crippen molar-refractivity contribution in [1.82, 2.24) is 0 Å². The smallest absolute Gasteiger partial charge is 1.00 e. The minimum Gasteiger partial charge on any atom is -1.00 e. The Balaban J connectivity index is 0.00000105. The standard InChI is InChI=1S/C13H9.C9H13.C2H4.2ClH.Ti/c1-3-7-12-10(5-1)9-11-6-2-4-8-13(11)12;1-6-5-7(2)9(4)8(6)3;1-2;;;/h1-9H;6H,1-4H3;1-2H2;2*1H;/q;;;;;+2/p-2. The summed E-state index contributed by atoms with van der Waals surface area (Å²) >= 11 is -2.09. The maximum absolute atomic E-state index is 2.47. The van der Waals surface area contributed by atoms with Crippen molar-refractivity contribution in [3.63, 3.8) is 0 Å². The van der Waals surface area contributed by atoms with Gasteiger partial charge in [0, 0.05) is 0 Å². The fourth-order valence-electron chi connectivity index (χ4n) is 5.77. The Morgan fingerprint density at radius 2 is 1.22 bits per heavy atom. The first-order valence-electron chi connectivity index (χ1n) is 9.63. The molecule has 0 nitrogen and oxygen atoms in total. The van der Waals surface area contributed by atoms with Gasteiger partial charge in [-0.3, -0.25) is 0 Å². The van der Waals surface area contributed by atoms with Gasteiger partial charge >= 0.3 is 155 Å². The first-order chi connectivity index (χ1) is 12.1. The van der Waals surface area contributed by atoms with E-state index in [9.17, 15) is 0 Å². The van der Waals surface area contributed by atoms with Gasteiger partial charge in [0.15, 0.2) is 0 Å². The molecule has 0 radical (unpaired) electrons. The molecule has 1 aliphatic heterocycles. The van der Waals surface area contributed by atoms with Crippen LogP contribution in [-0.4, -0.2) is 0 Å². The van der Waals surface area contributed by atoms with Crippen molar-refractivity contribution in [3.8, 4) is 11.1 Å². The maximum atomic E-state index is 2.47. The summed E-state index contributed by atoms with van der Waals surface area (Å²) in [7, 11) is 0. The molecule has 0 bridgehead atoms. The third-order valence-corrected chi connectivity index (χ3v) is 15.4. The van der Waals surface area contributed by atoms with Crippen LogP contribution in [0.5, 0.6) is 0 Å². The number of allylic oxidation sites excluding steroid dienone is 4. The van der Waals surface area contributed by atoms with Crippen molar-refractivity contribution in [3.05, 3.63) is 80.3 Å². The molecule has 1 saturated heterocycles. The van der Waals surface area contributed by atoms with E-state index in [1.54, 1.807) is 27.8 Å². The van der Waals surface area contributed by atoms with Gasteiger partial charge < -0.3 is 24.8 Å². The number of hydrogen-bond acceptors (Lipinski definition) is 0. The molecule has 2 aromatic rings. The average molecular weight is 433 g/mol. The van der Waals surface area contributed by atoms with Gasteiger partial charge in [0.25, 0.3) is 0 Å². The minimum atomic E-state index is -2.09. The molecule has 27 heavy (non-hydrogen) atoms. The van der Waals surface area contributed by atoms with E-state index in [2.05, 4.69) is 76.2 Å². The van der Waals surface area contributed by atoms with Crippen molar-refractivity contribution in [2.24, 2.45) is 5.92 Å². The third kappa shape index (κ3) is 2.76. The van der Waals surface area contributed by atoms with Gasteiger partial charge in [0.05, 0.1) is 0 Å². The molecule has 2 aromatic carbocycles. The van der Waals surface area contributed by atoms with Crippen LogP contribution in [0.25, 0.3) is 11.1 Å². The molecule has 3 heteroatoms. The van der Waals surface area contributed by atoms with Crippen LogP contribution in [0.2, 0.25) is 9.45 Å². The Hall–Kier alpha value is -0.786. The van der Waals surface area contributed by atoms with E-state index in [1.165, 1.54) is 20.6 Å². The SMILES string of the molecule is CC1=C(C)C(C)[C]([Ti+2]2([CH]3c4ccccc4-c4ccccc43)[CH2][CH2]2)=C1C.[Cl-].[Cl-]. The van der Waals surface area contributed by atoms with Crippen LogP contribution in [0, 0.1) is 5.92 Å². The van der Waals surface area contributed by atoms with E-state index in [0.29, 0.717) is 5.92 Å². The molecule has 3 aliphatic rings. The molecule has 0 spiro atoms. The monoisotopic (exact) mass is 432 g/mol. The molecule has 5 rings (SSSR count). The normalized spacial score (nSPS) is 21.0. The van der Waals surface area contributed by atoms with Gasteiger partial charge in [-0.1, -0.05) is 0 Å². The van der Waals surface area contributed by atoms with E-state index < -0.39 is 16.6 Å². The zero-order chi connectivity index (χ0) is 17.3. The summed E-state index contributed by atoms with van der Waals surface area (Å²) in [6, 6.07) is 18.5. The van der Waals surface area contributed by atoms with Crippen LogP contribution >= 0.6 is 0 Å². The van der Waals surface area contributed by atoms with Crippen LogP contribution in [0.15, 0.2) is 69.1 Å². The van der Waals surface area contributed by atoms with Crippen molar-refractivity contribution in [2.45, 2.75) is 41.4 Å². The van der Waals surface area contributed by atoms with E-state index in [0.717, 1.165) is 4.22 Å². The summed E-state index contributed by atoms with van der Waals surface area (Å²) in [6.45, 7) is 9.60. The van der Waals surface area contributed by atoms with Gasteiger partial charge in [0.1, 0.15) is 0 Å². The largest absolute Gasteiger partial charge is 1.00 e. The van der Waals surface area contributed by atoms with Crippen LogP contribution in [0.3, 0.4) is 0 Å². The van der Waals surface area contributed by atoms with Gasteiger partial charge in [-0.25, -0.2) is 0 Å². The first kappa shape index (κ1) is 20.9. The van der Waals surface area contributed by atoms with E-state index in [-0.39, 0.29) is 24.8 Å². The molecule has 1 fully saturated rings. The van der Waals surface area contributed by atoms with Crippen LogP contribution < -0.4 is 24.8 Å². The quantitative estimate of drug-likeness (QED) is 0.621. The average Bonchev–Trinajstić information content (AvgIpc) is 3.30. The summed E-state index contributed by atoms with van der Waals surface area (Å²) < 4.78 is 5.68. The van der Waals surface area contributed by atoms with Crippen molar-refractivity contribution >= 4 is 0 Å². The number of halogens is 2. The Labute approximate surface area is 179 Å². The molecule has 0 amide bonds. The summed E-state index contributed by atoms with van der Waals surface area (Å²) in [5.41, 5.74) is 11.1. The maximum Gasteiger partial charge on any atom is -1.00 e. The Morgan fingerprint density at radius 1 is 0.741 bits per heavy atom. The Bertz CT molecular complexity index is 920. The van der Waals surface area contributed by atoms with Crippen molar-refractivity contribution < 1.29 is 41.4 Å². The molecule has 1 unspecified atom stereocenters. The predicted molar refractivity (Wildman–Crippen MR) is 104 cm³/mol.